The Labute approximate surface area is 118 Å². The molecule has 98 valence electrons. The van der Waals surface area contributed by atoms with E-state index in [1.54, 1.807) is 25.1 Å². The minimum absolute atomic E-state index is 0.110. The van der Waals surface area contributed by atoms with Gasteiger partial charge in [-0.2, -0.15) is 0 Å². The second kappa shape index (κ2) is 4.74. The van der Waals surface area contributed by atoms with Crippen LogP contribution in [0.15, 0.2) is 33.4 Å². The first-order valence-corrected chi connectivity index (χ1v) is 6.63. The number of fused-ring (bicyclic) bond motifs is 1. The van der Waals surface area contributed by atoms with Crippen molar-refractivity contribution in [3.8, 4) is 11.5 Å². The summed E-state index contributed by atoms with van der Waals surface area (Å²) >= 11 is 3.39. The maximum Gasteiger partial charge on any atom is 0.197 e. The van der Waals surface area contributed by atoms with E-state index in [2.05, 4.69) is 15.9 Å². The molecule has 1 aliphatic heterocycles. The lowest BCUT2D eigenvalue weighted by Gasteiger charge is -2.19. The van der Waals surface area contributed by atoms with Gasteiger partial charge in [-0.1, -0.05) is 0 Å². The second-order valence-electron chi connectivity index (χ2n) is 4.25. The normalized spacial score (nSPS) is 13.4. The van der Waals surface area contributed by atoms with E-state index in [9.17, 15) is 4.79 Å². The average molecular weight is 323 g/mol. The SMILES string of the molecule is Cc1cc(C(=O)c2cc3c(cc2Br)OCCO3)co1. The van der Waals surface area contributed by atoms with E-state index in [-0.39, 0.29) is 5.78 Å². The number of ketones is 1. The number of hydrogen-bond donors (Lipinski definition) is 0. The Morgan fingerprint density at radius 3 is 2.47 bits per heavy atom. The van der Waals surface area contributed by atoms with Gasteiger partial charge < -0.3 is 13.9 Å². The number of hydrogen-bond acceptors (Lipinski definition) is 4. The lowest BCUT2D eigenvalue weighted by Crippen LogP contribution is -2.16. The number of carbonyl (C=O) groups is 1. The van der Waals surface area contributed by atoms with E-state index in [1.165, 1.54) is 6.26 Å². The lowest BCUT2D eigenvalue weighted by atomic mass is 10.1. The van der Waals surface area contributed by atoms with Crippen LogP contribution in [0.4, 0.5) is 0 Å². The summed E-state index contributed by atoms with van der Waals surface area (Å²) in [5.74, 6) is 1.84. The van der Waals surface area contributed by atoms with Gasteiger partial charge in [0, 0.05) is 10.0 Å². The highest BCUT2D eigenvalue weighted by Gasteiger charge is 2.20. The highest BCUT2D eigenvalue weighted by atomic mass is 79.9. The second-order valence-corrected chi connectivity index (χ2v) is 5.11. The van der Waals surface area contributed by atoms with Crippen molar-refractivity contribution in [1.82, 2.24) is 0 Å². The molecule has 3 rings (SSSR count). The Hall–Kier alpha value is -1.75. The maximum absolute atomic E-state index is 12.4. The summed E-state index contributed by atoms with van der Waals surface area (Å²) in [6.45, 7) is 2.82. The van der Waals surface area contributed by atoms with Crippen molar-refractivity contribution in [3.05, 3.63) is 45.8 Å². The minimum Gasteiger partial charge on any atom is -0.486 e. The van der Waals surface area contributed by atoms with Gasteiger partial charge in [-0.3, -0.25) is 4.79 Å². The highest BCUT2D eigenvalue weighted by molar-refractivity contribution is 9.10. The molecule has 0 saturated heterocycles. The lowest BCUT2D eigenvalue weighted by molar-refractivity contribution is 0.103. The number of ether oxygens (including phenoxy) is 2. The number of furan rings is 1. The molecule has 0 unspecified atom stereocenters. The van der Waals surface area contributed by atoms with Gasteiger partial charge in [-0.15, -0.1) is 0 Å². The fraction of sp³-hybridized carbons (Fsp3) is 0.214. The standard InChI is InChI=1S/C14H11BrO4/c1-8-4-9(7-19-8)14(16)10-5-12-13(6-11(10)15)18-3-2-17-12/h4-7H,2-3H2,1H3. The zero-order valence-corrected chi connectivity index (χ0v) is 11.8. The molecule has 1 aromatic carbocycles. The molecule has 1 aromatic heterocycles. The van der Waals surface area contributed by atoms with Crippen molar-refractivity contribution in [2.75, 3.05) is 13.2 Å². The van der Waals surface area contributed by atoms with Gasteiger partial charge in [0.05, 0.1) is 5.56 Å². The topological polar surface area (TPSA) is 48.7 Å². The summed E-state index contributed by atoms with van der Waals surface area (Å²) < 4.78 is 16.8. The van der Waals surface area contributed by atoms with Gasteiger partial charge in [0.25, 0.3) is 0 Å². The van der Waals surface area contributed by atoms with Crippen LogP contribution in [0, 0.1) is 6.92 Å². The molecule has 1 aliphatic rings. The van der Waals surface area contributed by atoms with Crippen LogP contribution in [0.25, 0.3) is 0 Å². The molecule has 0 aliphatic carbocycles. The molecule has 2 aromatic rings. The van der Waals surface area contributed by atoms with Gasteiger partial charge in [-0.05, 0) is 41.1 Å². The van der Waals surface area contributed by atoms with Gasteiger partial charge in [0.15, 0.2) is 17.3 Å². The quantitative estimate of drug-likeness (QED) is 0.795. The third kappa shape index (κ3) is 2.26. The van der Waals surface area contributed by atoms with Crippen molar-refractivity contribution in [3.63, 3.8) is 0 Å². The van der Waals surface area contributed by atoms with E-state index in [1.807, 2.05) is 0 Å². The molecule has 2 heterocycles. The van der Waals surface area contributed by atoms with E-state index in [4.69, 9.17) is 13.9 Å². The molecule has 0 N–H and O–H groups in total. The molecule has 19 heavy (non-hydrogen) atoms. The molecule has 0 saturated carbocycles. The monoisotopic (exact) mass is 322 g/mol. The molecule has 4 nitrogen and oxygen atoms in total. The molecule has 5 heteroatoms. The van der Waals surface area contributed by atoms with Gasteiger partial charge >= 0.3 is 0 Å². The first-order valence-electron chi connectivity index (χ1n) is 5.84. The fourth-order valence-electron chi connectivity index (χ4n) is 1.96. The summed E-state index contributed by atoms with van der Waals surface area (Å²) in [7, 11) is 0. The zero-order chi connectivity index (χ0) is 13.4. The van der Waals surface area contributed by atoms with Crippen molar-refractivity contribution in [2.45, 2.75) is 6.92 Å². The minimum atomic E-state index is -0.110. The number of carbonyl (C=O) groups excluding carboxylic acids is 1. The Morgan fingerprint density at radius 1 is 1.16 bits per heavy atom. The number of aryl methyl sites for hydroxylation is 1. The van der Waals surface area contributed by atoms with Gasteiger partial charge in [-0.25, -0.2) is 0 Å². The van der Waals surface area contributed by atoms with Crippen LogP contribution in [-0.4, -0.2) is 19.0 Å². The van der Waals surface area contributed by atoms with Crippen LogP contribution in [-0.2, 0) is 0 Å². The fourth-order valence-corrected chi connectivity index (χ4v) is 2.46. The summed E-state index contributed by atoms with van der Waals surface area (Å²) in [6.07, 6.45) is 1.46. The van der Waals surface area contributed by atoms with Crippen molar-refractivity contribution in [2.24, 2.45) is 0 Å². The molecule has 0 amide bonds. The smallest absolute Gasteiger partial charge is 0.197 e. The van der Waals surface area contributed by atoms with Crippen LogP contribution >= 0.6 is 15.9 Å². The van der Waals surface area contributed by atoms with Crippen LogP contribution in [0.3, 0.4) is 0 Å². The molecular formula is C14H11BrO4. The van der Waals surface area contributed by atoms with Crippen LogP contribution in [0.2, 0.25) is 0 Å². The molecule has 0 spiro atoms. The number of benzene rings is 1. The van der Waals surface area contributed by atoms with Crippen LogP contribution in [0.1, 0.15) is 21.7 Å². The molecule has 0 fully saturated rings. The third-order valence-corrected chi connectivity index (χ3v) is 3.53. The van der Waals surface area contributed by atoms with Gasteiger partial charge in [0.2, 0.25) is 0 Å². The predicted octanol–water partition coefficient (Wildman–Crippen LogP) is 3.35. The summed E-state index contributed by atoms with van der Waals surface area (Å²) in [4.78, 5) is 12.4. The maximum atomic E-state index is 12.4. The first kappa shape index (κ1) is 12.3. The summed E-state index contributed by atoms with van der Waals surface area (Å²) in [5.41, 5.74) is 1.06. The first-order chi connectivity index (χ1) is 9.15. The largest absolute Gasteiger partial charge is 0.486 e. The van der Waals surface area contributed by atoms with E-state index in [0.29, 0.717) is 46.1 Å². The molecule has 0 radical (unpaired) electrons. The molecule has 0 atom stereocenters. The third-order valence-electron chi connectivity index (χ3n) is 2.87. The van der Waals surface area contributed by atoms with Crippen molar-refractivity contribution in [1.29, 1.82) is 0 Å². The summed E-state index contributed by atoms with van der Waals surface area (Å²) in [6, 6.07) is 5.17. The average Bonchev–Trinajstić information content (AvgIpc) is 2.84. The van der Waals surface area contributed by atoms with E-state index < -0.39 is 0 Å². The van der Waals surface area contributed by atoms with E-state index >= 15 is 0 Å². The van der Waals surface area contributed by atoms with Gasteiger partial charge in [0.1, 0.15) is 25.2 Å². The van der Waals surface area contributed by atoms with Crippen molar-refractivity contribution < 1.29 is 18.7 Å². The summed E-state index contributed by atoms with van der Waals surface area (Å²) in [5, 5.41) is 0. The Kier molecular flexibility index (Phi) is 3.06. The van der Waals surface area contributed by atoms with E-state index in [0.717, 1.165) is 0 Å². The highest BCUT2D eigenvalue weighted by Crippen LogP contribution is 2.36. The Balaban J connectivity index is 2.03. The zero-order valence-electron chi connectivity index (χ0n) is 10.2. The van der Waals surface area contributed by atoms with Crippen LogP contribution in [0.5, 0.6) is 11.5 Å². The molecular weight excluding hydrogens is 312 g/mol. The predicted molar refractivity (Wildman–Crippen MR) is 72.0 cm³/mol. The van der Waals surface area contributed by atoms with Crippen molar-refractivity contribution >= 4 is 21.7 Å². The number of halogens is 1. The van der Waals surface area contributed by atoms with Crippen LogP contribution < -0.4 is 9.47 Å². The molecule has 0 bridgehead atoms. The Bertz CT molecular complexity index is 645. The number of rotatable bonds is 2. The Morgan fingerprint density at radius 2 is 1.84 bits per heavy atom.